The molecule has 6 heteroatoms. The predicted molar refractivity (Wildman–Crippen MR) is 80.7 cm³/mol. The van der Waals surface area contributed by atoms with E-state index in [0.29, 0.717) is 26.0 Å². The standard InChI is InChI=1S/C15H23N3O3/c1-12(19)5-4-6-18-14(20)9-13(10-16-18)17-7-8-21-15(2,3)11-17/h9-10H,4-8,11H2,1-3H3. The Labute approximate surface area is 124 Å². The predicted octanol–water partition coefficient (Wildman–Crippen LogP) is 1.23. The molecule has 1 fully saturated rings. The molecule has 1 aromatic rings. The van der Waals surface area contributed by atoms with Crippen molar-refractivity contribution in [1.82, 2.24) is 9.78 Å². The van der Waals surface area contributed by atoms with Gasteiger partial charge >= 0.3 is 0 Å². The van der Waals surface area contributed by atoms with Crippen LogP contribution in [0.15, 0.2) is 17.1 Å². The number of morpholine rings is 1. The van der Waals surface area contributed by atoms with Gasteiger partial charge in [-0.2, -0.15) is 5.10 Å². The summed E-state index contributed by atoms with van der Waals surface area (Å²) in [6, 6.07) is 1.61. The van der Waals surface area contributed by atoms with Crippen LogP contribution in [0.25, 0.3) is 0 Å². The zero-order valence-electron chi connectivity index (χ0n) is 13.0. The molecule has 2 rings (SSSR count). The second-order valence-corrected chi connectivity index (χ2v) is 6.11. The van der Waals surface area contributed by atoms with Crippen molar-refractivity contribution in [1.29, 1.82) is 0 Å². The minimum atomic E-state index is -0.214. The molecule has 0 radical (unpaired) electrons. The number of hydrogen-bond acceptors (Lipinski definition) is 5. The van der Waals surface area contributed by atoms with Crippen LogP contribution in [0.4, 0.5) is 5.69 Å². The molecular formula is C15H23N3O3. The molecule has 0 atom stereocenters. The molecule has 1 aromatic heterocycles. The molecule has 0 N–H and O–H groups in total. The quantitative estimate of drug-likeness (QED) is 0.817. The van der Waals surface area contributed by atoms with E-state index in [1.54, 1.807) is 19.2 Å². The molecule has 0 spiro atoms. The van der Waals surface area contributed by atoms with Crippen molar-refractivity contribution in [2.24, 2.45) is 0 Å². The smallest absolute Gasteiger partial charge is 0.268 e. The molecule has 116 valence electrons. The molecule has 6 nitrogen and oxygen atoms in total. The number of carbonyl (C=O) groups is 1. The second-order valence-electron chi connectivity index (χ2n) is 6.11. The van der Waals surface area contributed by atoms with Gasteiger partial charge in [0.1, 0.15) is 5.78 Å². The summed E-state index contributed by atoms with van der Waals surface area (Å²) in [6.07, 6.45) is 2.84. The summed E-state index contributed by atoms with van der Waals surface area (Å²) in [7, 11) is 0. The van der Waals surface area contributed by atoms with E-state index >= 15 is 0 Å². The van der Waals surface area contributed by atoms with Gasteiger partial charge in [-0.15, -0.1) is 0 Å². The van der Waals surface area contributed by atoms with Gasteiger partial charge in [0.05, 0.1) is 24.1 Å². The van der Waals surface area contributed by atoms with Crippen LogP contribution in [-0.4, -0.2) is 40.9 Å². The Morgan fingerprint density at radius 1 is 1.48 bits per heavy atom. The van der Waals surface area contributed by atoms with Gasteiger partial charge in [-0.05, 0) is 27.2 Å². The molecule has 0 unspecified atom stereocenters. The lowest BCUT2D eigenvalue weighted by molar-refractivity contribution is -0.117. The topological polar surface area (TPSA) is 64.4 Å². The summed E-state index contributed by atoms with van der Waals surface area (Å²) in [4.78, 5) is 25.1. The third-order valence-corrected chi connectivity index (χ3v) is 3.54. The monoisotopic (exact) mass is 293 g/mol. The molecule has 21 heavy (non-hydrogen) atoms. The fourth-order valence-electron chi connectivity index (χ4n) is 2.48. The van der Waals surface area contributed by atoms with Gasteiger partial charge in [-0.3, -0.25) is 4.79 Å². The van der Waals surface area contributed by atoms with Crippen molar-refractivity contribution < 1.29 is 9.53 Å². The van der Waals surface area contributed by atoms with E-state index in [1.165, 1.54) is 4.68 Å². The molecule has 0 bridgehead atoms. The van der Waals surface area contributed by atoms with Crippen LogP contribution in [0.3, 0.4) is 0 Å². The molecule has 1 saturated heterocycles. The van der Waals surface area contributed by atoms with Crippen LogP contribution in [0, 0.1) is 0 Å². The number of anilines is 1. The largest absolute Gasteiger partial charge is 0.372 e. The highest BCUT2D eigenvalue weighted by atomic mass is 16.5. The lowest BCUT2D eigenvalue weighted by Gasteiger charge is -2.39. The summed E-state index contributed by atoms with van der Waals surface area (Å²) in [5.74, 6) is 0.134. The maximum absolute atomic E-state index is 12.1. The Morgan fingerprint density at radius 2 is 2.24 bits per heavy atom. The van der Waals surface area contributed by atoms with E-state index < -0.39 is 0 Å². The molecular weight excluding hydrogens is 270 g/mol. The van der Waals surface area contributed by atoms with Crippen LogP contribution in [0.2, 0.25) is 0 Å². The summed E-state index contributed by atoms with van der Waals surface area (Å²) < 4.78 is 7.08. The minimum absolute atomic E-state index is 0.125. The normalized spacial score (nSPS) is 17.8. The van der Waals surface area contributed by atoms with Gasteiger partial charge in [0, 0.05) is 32.1 Å². The number of rotatable bonds is 5. The minimum Gasteiger partial charge on any atom is -0.372 e. The highest BCUT2D eigenvalue weighted by molar-refractivity contribution is 5.75. The number of ketones is 1. The summed E-state index contributed by atoms with van der Waals surface area (Å²) >= 11 is 0. The van der Waals surface area contributed by atoms with E-state index in [-0.39, 0.29) is 16.9 Å². The first kappa shape index (κ1) is 15.7. The summed E-state index contributed by atoms with van der Waals surface area (Å²) in [6.45, 7) is 8.26. The first-order valence-electron chi connectivity index (χ1n) is 7.33. The Hall–Kier alpha value is -1.69. The average Bonchev–Trinajstić information content (AvgIpc) is 2.39. The molecule has 0 saturated carbocycles. The summed E-state index contributed by atoms with van der Waals surface area (Å²) in [5, 5.41) is 4.21. The highest BCUT2D eigenvalue weighted by Crippen LogP contribution is 2.21. The van der Waals surface area contributed by atoms with Gasteiger partial charge in [0.15, 0.2) is 0 Å². The number of hydrogen-bond donors (Lipinski definition) is 0. The van der Waals surface area contributed by atoms with E-state index in [4.69, 9.17) is 4.74 Å². The van der Waals surface area contributed by atoms with Crippen LogP contribution >= 0.6 is 0 Å². The number of nitrogens with zero attached hydrogens (tertiary/aromatic N) is 3. The van der Waals surface area contributed by atoms with Crippen molar-refractivity contribution in [3.05, 3.63) is 22.6 Å². The fourth-order valence-corrected chi connectivity index (χ4v) is 2.48. The van der Waals surface area contributed by atoms with Gasteiger partial charge in [-0.1, -0.05) is 0 Å². The van der Waals surface area contributed by atoms with E-state index in [9.17, 15) is 9.59 Å². The van der Waals surface area contributed by atoms with Crippen LogP contribution < -0.4 is 10.5 Å². The van der Waals surface area contributed by atoms with Crippen LogP contribution in [-0.2, 0) is 16.1 Å². The Kier molecular flexibility index (Phi) is 4.77. The van der Waals surface area contributed by atoms with Crippen LogP contribution in [0.1, 0.15) is 33.6 Å². The number of Topliss-reactive ketones (excluding diaryl/α,β-unsaturated/α-hetero) is 1. The Bertz CT molecular complexity index is 566. The second kappa shape index (κ2) is 6.39. The van der Waals surface area contributed by atoms with E-state index in [1.807, 2.05) is 13.8 Å². The first-order valence-corrected chi connectivity index (χ1v) is 7.33. The zero-order chi connectivity index (χ0) is 15.5. The molecule has 1 aliphatic rings. The number of aromatic nitrogens is 2. The Balaban J connectivity index is 2.05. The maximum Gasteiger partial charge on any atom is 0.268 e. The SMILES string of the molecule is CC(=O)CCCn1ncc(N2CCOC(C)(C)C2)cc1=O. The molecule has 0 aromatic carbocycles. The number of carbonyl (C=O) groups excluding carboxylic acids is 1. The van der Waals surface area contributed by atoms with E-state index in [2.05, 4.69) is 10.00 Å². The zero-order valence-corrected chi connectivity index (χ0v) is 13.0. The van der Waals surface area contributed by atoms with Crippen molar-refractivity contribution in [3.8, 4) is 0 Å². The van der Waals surface area contributed by atoms with Gasteiger partial charge < -0.3 is 14.4 Å². The highest BCUT2D eigenvalue weighted by Gasteiger charge is 2.27. The average molecular weight is 293 g/mol. The molecule has 2 heterocycles. The third-order valence-electron chi connectivity index (χ3n) is 3.54. The number of ether oxygens (including phenoxy) is 1. The fraction of sp³-hybridized carbons (Fsp3) is 0.667. The number of aryl methyl sites for hydroxylation is 1. The van der Waals surface area contributed by atoms with Crippen LogP contribution in [0.5, 0.6) is 0 Å². The Morgan fingerprint density at radius 3 is 2.86 bits per heavy atom. The van der Waals surface area contributed by atoms with Crippen molar-refractivity contribution in [3.63, 3.8) is 0 Å². The van der Waals surface area contributed by atoms with Gasteiger partial charge in [-0.25, -0.2) is 4.68 Å². The van der Waals surface area contributed by atoms with Gasteiger partial charge in [0.2, 0.25) is 0 Å². The van der Waals surface area contributed by atoms with Crippen molar-refractivity contribution in [2.75, 3.05) is 24.6 Å². The summed E-state index contributed by atoms with van der Waals surface area (Å²) in [5.41, 5.74) is 0.494. The maximum atomic E-state index is 12.1. The van der Waals surface area contributed by atoms with E-state index in [0.717, 1.165) is 18.8 Å². The first-order chi connectivity index (χ1) is 9.87. The van der Waals surface area contributed by atoms with Gasteiger partial charge in [0.25, 0.3) is 5.56 Å². The third kappa shape index (κ3) is 4.39. The van der Waals surface area contributed by atoms with Crippen molar-refractivity contribution in [2.45, 2.75) is 45.8 Å². The van der Waals surface area contributed by atoms with Crippen molar-refractivity contribution >= 4 is 11.5 Å². The lowest BCUT2D eigenvalue weighted by Crippen LogP contribution is -2.48. The molecule has 0 amide bonds. The molecule has 0 aliphatic carbocycles. The molecule has 1 aliphatic heterocycles. The lowest BCUT2D eigenvalue weighted by atomic mass is 10.1.